The highest BCUT2D eigenvalue weighted by molar-refractivity contribution is 7.99. The van der Waals surface area contributed by atoms with Gasteiger partial charge in [0.05, 0.1) is 36.0 Å². The van der Waals surface area contributed by atoms with Crippen LogP contribution >= 0.6 is 11.8 Å². The SMILES string of the molecule is CCN(CCO)c1ccc(N=Nc2ccc(Sc3ccc(N=Nc4ccc(N(CC)CCO)cc4)cc3)cc2)cc1. The van der Waals surface area contributed by atoms with Crippen molar-refractivity contribution in [1.29, 1.82) is 0 Å². The fourth-order valence-corrected chi connectivity index (χ4v) is 4.99. The largest absolute Gasteiger partial charge is 0.395 e. The maximum Gasteiger partial charge on any atom is 0.0858 e. The van der Waals surface area contributed by atoms with Gasteiger partial charge in [0.25, 0.3) is 0 Å². The third-order valence-electron chi connectivity index (χ3n) is 6.40. The van der Waals surface area contributed by atoms with E-state index in [2.05, 4.69) is 44.1 Å². The molecule has 0 heterocycles. The summed E-state index contributed by atoms with van der Waals surface area (Å²) in [5.41, 5.74) is 5.25. The van der Waals surface area contributed by atoms with Crippen molar-refractivity contribution in [2.24, 2.45) is 20.5 Å². The highest BCUT2D eigenvalue weighted by atomic mass is 32.2. The first kappa shape index (κ1) is 29.9. The van der Waals surface area contributed by atoms with Gasteiger partial charge < -0.3 is 20.0 Å². The molecule has 8 nitrogen and oxygen atoms in total. The van der Waals surface area contributed by atoms with Gasteiger partial charge in [-0.2, -0.15) is 20.5 Å². The van der Waals surface area contributed by atoms with Crippen LogP contribution in [0, 0.1) is 0 Å². The van der Waals surface area contributed by atoms with Gasteiger partial charge in [0.15, 0.2) is 0 Å². The van der Waals surface area contributed by atoms with Gasteiger partial charge >= 0.3 is 0 Å². The Bertz CT molecular complexity index is 1280. The van der Waals surface area contributed by atoms with E-state index >= 15 is 0 Å². The lowest BCUT2D eigenvalue weighted by atomic mass is 10.2. The van der Waals surface area contributed by atoms with E-state index in [1.165, 1.54) is 0 Å². The minimum Gasteiger partial charge on any atom is -0.395 e. The second kappa shape index (κ2) is 15.7. The van der Waals surface area contributed by atoms with Crippen molar-refractivity contribution in [2.75, 3.05) is 49.2 Å². The Hall–Kier alpha value is -4.05. The summed E-state index contributed by atoms with van der Waals surface area (Å²) in [7, 11) is 0. The van der Waals surface area contributed by atoms with Gasteiger partial charge in [0, 0.05) is 47.3 Å². The van der Waals surface area contributed by atoms with Gasteiger partial charge in [-0.15, -0.1) is 0 Å². The molecule has 0 fully saturated rings. The van der Waals surface area contributed by atoms with Crippen molar-refractivity contribution in [1.82, 2.24) is 0 Å². The van der Waals surface area contributed by atoms with Gasteiger partial charge in [-0.1, -0.05) is 11.8 Å². The molecule has 0 saturated carbocycles. The van der Waals surface area contributed by atoms with Crippen LogP contribution < -0.4 is 9.80 Å². The van der Waals surface area contributed by atoms with Crippen LogP contribution in [0.5, 0.6) is 0 Å². The Labute approximate surface area is 246 Å². The minimum absolute atomic E-state index is 0.128. The zero-order valence-corrected chi connectivity index (χ0v) is 24.3. The van der Waals surface area contributed by atoms with Gasteiger partial charge in [0.2, 0.25) is 0 Å². The molecule has 0 unspecified atom stereocenters. The first-order valence-electron chi connectivity index (χ1n) is 13.7. The summed E-state index contributed by atoms with van der Waals surface area (Å²) in [6.45, 7) is 7.28. The van der Waals surface area contributed by atoms with Crippen molar-refractivity contribution >= 4 is 45.9 Å². The topological polar surface area (TPSA) is 96.4 Å². The number of likely N-dealkylation sites (N-methyl/N-ethyl adjacent to an activating group) is 2. The predicted molar refractivity (Wildman–Crippen MR) is 168 cm³/mol. The van der Waals surface area contributed by atoms with Crippen molar-refractivity contribution in [3.63, 3.8) is 0 Å². The van der Waals surface area contributed by atoms with E-state index < -0.39 is 0 Å². The zero-order valence-electron chi connectivity index (χ0n) is 23.5. The summed E-state index contributed by atoms with van der Waals surface area (Å²) >= 11 is 1.67. The number of benzene rings is 4. The van der Waals surface area contributed by atoms with E-state index in [0.29, 0.717) is 13.1 Å². The summed E-state index contributed by atoms with van der Waals surface area (Å²) in [6, 6.07) is 31.7. The number of aliphatic hydroxyl groups is 2. The van der Waals surface area contributed by atoms with Gasteiger partial charge in [-0.05, 0) is 111 Å². The fraction of sp³-hybridized carbons (Fsp3) is 0.250. The lowest BCUT2D eigenvalue weighted by molar-refractivity contribution is 0.302. The Balaban J connectivity index is 1.30. The van der Waals surface area contributed by atoms with Crippen LogP contribution in [0.25, 0.3) is 0 Å². The maximum absolute atomic E-state index is 9.21. The highest BCUT2D eigenvalue weighted by Gasteiger charge is 2.05. The van der Waals surface area contributed by atoms with Gasteiger partial charge in [0.1, 0.15) is 0 Å². The molecule has 212 valence electrons. The number of hydrogen-bond acceptors (Lipinski definition) is 9. The normalized spacial score (nSPS) is 11.4. The summed E-state index contributed by atoms with van der Waals surface area (Å²) < 4.78 is 0. The smallest absolute Gasteiger partial charge is 0.0858 e. The summed E-state index contributed by atoms with van der Waals surface area (Å²) in [5.74, 6) is 0. The van der Waals surface area contributed by atoms with E-state index in [-0.39, 0.29) is 13.2 Å². The highest BCUT2D eigenvalue weighted by Crippen LogP contribution is 2.31. The molecule has 0 aliphatic heterocycles. The van der Waals surface area contributed by atoms with E-state index in [0.717, 1.165) is 57.0 Å². The molecule has 0 aromatic heterocycles. The Morgan fingerprint density at radius 1 is 0.488 bits per heavy atom. The molecule has 0 bridgehead atoms. The molecular formula is C32H36N6O2S. The number of azo groups is 2. The van der Waals surface area contributed by atoms with E-state index in [1.807, 2.05) is 97.1 Å². The van der Waals surface area contributed by atoms with Crippen molar-refractivity contribution < 1.29 is 10.2 Å². The lowest BCUT2D eigenvalue weighted by Gasteiger charge is -2.21. The van der Waals surface area contributed by atoms with Crippen LogP contribution in [0.3, 0.4) is 0 Å². The average Bonchev–Trinajstić information content (AvgIpc) is 3.02. The molecule has 4 aromatic rings. The molecule has 4 rings (SSSR count). The predicted octanol–water partition coefficient (Wildman–Crippen LogP) is 8.31. The molecule has 0 aliphatic rings. The van der Waals surface area contributed by atoms with E-state index in [1.54, 1.807) is 11.8 Å². The summed E-state index contributed by atoms with van der Waals surface area (Å²) in [6.07, 6.45) is 0. The average molecular weight is 569 g/mol. The summed E-state index contributed by atoms with van der Waals surface area (Å²) in [4.78, 5) is 6.43. The van der Waals surface area contributed by atoms with Crippen LogP contribution in [0.2, 0.25) is 0 Å². The van der Waals surface area contributed by atoms with Crippen LogP contribution in [-0.4, -0.2) is 49.6 Å². The third kappa shape index (κ3) is 8.97. The second-order valence-electron chi connectivity index (χ2n) is 9.13. The molecule has 41 heavy (non-hydrogen) atoms. The monoisotopic (exact) mass is 568 g/mol. The number of aliphatic hydroxyl groups excluding tert-OH is 2. The molecule has 0 aliphatic carbocycles. The number of anilines is 2. The molecule has 4 aromatic carbocycles. The lowest BCUT2D eigenvalue weighted by Crippen LogP contribution is -2.25. The molecule has 0 amide bonds. The van der Waals surface area contributed by atoms with Gasteiger partial charge in [-0.3, -0.25) is 0 Å². The van der Waals surface area contributed by atoms with Crippen LogP contribution in [-0.2, 0) is 0 Å². The third-order valence-corrected chi connectivity index (χ3v) is 7.42. The molecule has 0 saturated heterocycles. The van der Waals surface area contributed by atoms with Crippen LogP contribution in [0.1, 0.15) is 13.8 Å². The molecule has 0 atom stereocenters. The van der Waals surface area contributed by atoms with Crippen LogP contribution in [0.4, 0.5) is 34.1 Å². The number of nitrogens with zero attached hydrogens (tertiary/aromatic N) is 6. The second-order valence-corrected chi connectivity index (χ2v) is 10.3. The number of hydrogen-bond donors (Lipinski definition) is 2. The number of rotatable bonds is 14. The van der Waals surface area contributed by atoms with E-state index in [9.17, 15) is 10.2 Å². The first-order chi connectivity index (χ1) is 20.1. The molecule has 2 N–H and O–H groups in total. The zero-order chi connectivity index (χ0) is 28.9. The maximum atomic E-state index is 9.21. The van der Waals surface area contributed by atoms with Crippen molar-refractivity contribution in [3.05, 3.63) is 97.1 Å². The van der Waals surface area contributed by atoms with Crippen molar-refractivity contribution in [3.8, 4) is 0 Å². The van der Waals surface area contributed by atoms with Crippen LogP contribution in [0.15, 0.2) is 127 Å². The Kier molecular flexibility index (Phi) is 11.4. The Morgan fingerprint density at radius 3 is 1.05 bits per heavy atom. The van der Waals surface area contributed by atoms with Gasteiger partial charge in [-0.25, -0.2) is 0 Å². The summed E-state index contributed by atoms with van der Waals surface area (Å²) in [5, 5.41) is 35.9. The standard InChI is InChI=1S/C32H36N6O2S/c1-3-37(21-23-39)29-13-5-25(6-14-29)33-35-27-9-17-31(18-10-27)41-32-19-11-28(12-20-32)36-34-26-7-15-30(16-8-26)38(4-2)22-24-40/h5-20,39-40H,3-4,21-24H2,1-2H3. The van der Waals surface area contributed by atoms with Crippen molar-refractivity contribution in [2.45, 2.75) is 23.6 Å². The minimum atomic E-state index is 0.128. The molecular weight excluding hydrogens is 532 g/mol. The molecule has 9 heteroatoms. The Morgan fingerprint density at radius 2 is 0.780 bits per heavy atom. The molecule has 0 radical (unpaired) electrons. The molecule has 0 spiro atoms. The fourth-order valence-electron chi connectivity index (χ4n) is 4.17. The quantitative estimate of drug-likeness (QED) is 0.149. The van der Waals surface area contributed by atoms with E-state index in [4.69, 9.17) is 0 Å². The first-order valence-corrected chi connectivity index (χ1v) is 14.6.